The Labute approximate surface area is 227 Å². The Balaban J connectivity index is 1.78. The molecule has 0 spiro atoms. The smallest absolute Gasteiger partial charge is 0.315 e. The van der Waals surface area contributed by atoms with Crippen LogP contribution >= 0.6 is 0 Å². The van der Waals surface area contributed by atoms with Crippen LogP contribution in [0.1, 0.15) is 58.9 Å². The summed E-state index contributed by atoms with van der Waals surface area (Å²) < 4.78 is 28.5. The number of methoxy groups -OCH3 is 2. The molecule has 1 saturated heterocycles. The molecule has 0 aromatic carbocycles. The number of allylic oxidation sites excluding steroid dienone is 2. The summed E-state index contributed by atoms with van der Waals surface area (Å²) in [6, 6.07) is 1.93. The van der Waals surface area contributed by atoms with E-state index < -0.39 is 58.2 Å². The second kappa shape index (κ2) is 9.18. The molecule has 3 aliphatic carbocycles. The summed E-state index contributed by atoms with van der Waals surface area (Å²) in [4.78, 5) is 52.9. The van der Waals surface area contributed by atoms with Gasteiger partial charge in [0.25, 0.3) is 0 Å². The maximum absolute atomic E-state index is 14.0. The van der Waals surface area contributed by atoms with Gasteiger partial charge in [0, 0.05) is 29.6 Å². The molecule has 0 N–H and O–H groups in total. The molecule has 39 heavy (non-hydrogen) atoms. The molecular weight excluding hydrogens is 504 g/mol. The van der Waals surface area contributed by atoms with Gasteiger partial charge in [-0.05, 0) is 49.5 Å². The van der Waals surface area contributed by atoms with E-state index in [1.54, 1.807) is 26.4 Å². The van der Waals surface area contributed by atoms with Crippen molar-refractivity contribution in [3.8, 4) is 0 Å². The lowest BCUT2D eigenvalue weighted by atomic mass is 9.41. The van der Waals surface area contributed by atoms with Crippen molar-refractivity contribution in [2.45, 2.75) is 71.7 Å². The van der Waals surface area contributed by atoms with Crippen LogP contribution in [0.25, 0.3) is 0 Å². The van der Waals surface area contributed by atoms with E-state index in [1.807, 2.05) is 13.0 Å². The van der Waals surface area contributed by atoms with Crippen LogP contribution in [0.4, 0.5) is 0 Å². The monoisotopic (exact) mass is 540 g/mol. The van der Waals surface area contributed by atoms with Crippen molar-refractivity contribution in [2.75, 3.05) is 14.2 Å². The molecule has 9 nitrogen and oxygen atoms in total. The van der Waals surface area contributed by atoms with E-state index in [-0.39, 0.29) is 24.2 Å². The highest BCUT2D eigenvalue weighted by Crippen LogP contribution is 2.70. The Kier molecular flexibility index (Phi) is 6.44. The van der Waals surface area contributed by atoms with Crippen LogP contribution in [0.5, 0.6) is 0 Å². The Morgan fingerprint density at radius 2 is 1.82 bits per heavy atom. The van der Waals surface area contributed by atoms with Crippen LogP contribution < -0.4 is 0 Å². The average Bonchev–Trinajstić information content (AvgIpc) is 3.60. The molecule has 2 heterocycles. The lowest BCUT2D eigenvalue weighted by Crippen LogP contribution is -2.70. The summed E-state index contributed by atoms with van der Waals surface area (Å²) >= 11 is 0. The lowest BCUT2D eigenvalue weighted by Gasteiger charge is -2.62. The standard InChI is InChI=1S/C30H36O9/c1-15-18(17-9-11-37-14-17)12-19-23(15)30(5)20(13-22(33)35-6)29(4)21(32)8-10-28(3,27(34)36-7)25(29)24(26(30)39-19)38-16(2)31/h8-11,14,18-20,24-26H,12-13H2,1-7H3/t18-,19-,20-,24?,25?,26-,28-,29+,30-/m1/s1. The number of furan rings is 1. The number of ether oxygens (including phenoxy) is 4. The van der Waals surface area contributed by atoms with Gasteiger partial charge in [-0.25, -0.2) is 0 Å². The predicted molar refractivity (Wildman–Crippen MR) is 137 cm³/mol. The molecule has 1 aliphatic heterocycles. The molecule has 9 atom stereocenters. The molecule has 1 aromatic heterocycles. The number of esters is 3. The average molecular weight is 541 g/mol. The van der Waals surface area contributed by atoms with Crippen molar-refractivity contribution in [3.63, 3.8) is 0 Å². The minimum absolute atomic E-state index is 0.0419. The third kappa shape index (κ3) is 3.61. The van der Waals surface area contributed by atoms with Crippen molar-refractivity contribution in [1.82, 2.24) is 0 Å². The largest absolute Gasteiger partial charge is 0.472 e. The lowest BCUT2D eigenvalue weighted by molar-refractivity contribution is -0.226. The highest BCUT2D eigenvalue weighted by molar-refractivity contribution is 5.99. The number of hydrogen-bond donors (Lipinski definition) is 0. The van der Waals surface area contributed by atoms with E-state index in [0.29, 0.717) is 6.42 Å². The van der Waals surface area contributed by atoms with E-state index in [2.05, 4.69) is 6.92 Å². The van der Waals surface area contributed by atoms with Gasteiger partial charge in [0.05, 0.1) is 44.7 Å². The van der Waals surface area contributed by atoms with Crippen molar-refractivity contribution in [3.05, 3.63) is 47.5 Å². The predicted octanol–water partition coefficient (Wildman–Crippen LogP) is 3.92. The Bertz CT molecular complexity index is 1280. The van der Waals surface area contributed by atoms with Crippen molar-refractivity contribution in [2.24, 2.45) is 28.1 Å². The van der Waals surface area contributed by atoms with Gasteiger partial charge in [0.2, 0.25) is 0 Å². The molecule has 2 unspecified atom stereocenters. The molecule has 1 aromatic rings. The van der Waals surface area contributed by atoms with Gasteiger partial charge in [-0.1, -0.05) is 25.5 Å². The fourth-order valence-corrected chi connectivity index (χ4v) is 8.57. The minimum Gasteiger partial charge on any atom is -0.472 e. The van der Waals surface area contributed by atoms with Crippen LogP contribution in [-0.4, -0.2) is 56.2 Å². The molecule has 0 radical (unpaired) electrons. The molecule has 5 rings (SSSR count). The normalized spacial score (nSPS) is 40.5. The third-order valence-electron chi connectivity index (χ3n) is 10.2. The number of ketones is 1. The van der Waals surface area contributed by atoms with Gasteiger partial charge in [-0.2, -0.15) is 0 Å². The van der Waals surface area contributed by atoms with Crippen molar-refractivity contribution < 1.29 is 42.5 Å². The van der Waals surface area contributed by atoms with E-state index in [1.165, 1.54) is 33.3 Å². The van der Waals surface area contributed by atoms with E-state index in [9.17, 15) is 19.2 Å². The van der Waals surface area contributed by atoms with Crippen LogP contribution in [0.2, 0.25) is 0 Å². The van der Waals surface area contributed by atoms with Crippen LogP contribution in [0.15, 0.2) is 46.3 Å². The number of fused-ring (bicyclic) bond motifs is 4. The first-order valence-corrected chi connectivity index (χ1v) is 13.3. The van der Waals surface area contributed by atoms with Gasteiger partial charge in [0.15, 0.2) is 5.78 Å². The summed E-state index contributed by atoms with van der Waals surface area (Å²) in [6.07, 6.45) is 4.88. The zero-order chi connectivity index (χ0) is 28.5. The van der Waals surface area contributed by atoms with Gasteiger partial charge >= 0.3 is 17.9 Å². The maximum atomic E-state index is 14.0. The van der Waals surface area contributed by atoms with Gasteiger partial charge in [0.1, 0.15) is 12.2 Å². The maximum Gasteiger partial charge on any atom is 0.315 e. The molecule has 0 amide bonds. The second-order valence-corrected chi connectivity index (χ2v) is 11.9. The van der Waals surface area contributed by atoms with Crippen molar-refractivity contribution >= 4 is 23.7 Å². The molecule has 2 fully saturated rings. The van der Waals surface area contributed by atoms with E-state index >= 15 is 0 Å². The Hall–Kier alpha value is -3.20. The quantitative estimate of drug-likeness (QED) is 0.311. The fraction of sp³-hybridized carbons (Fsp3) is 0.600. The topological polar surface area (TPSA) is 118 Å². The van der Waals surface area contributed by atoms with Crippen LogP contribution in [0.3, 0.4) is 0 Å². The molecule has 9 heteroatoms. The summed E-state index contributed by atoms with van der Waals surface area (Å²) in [6.45, 7) is 8.83. The SMILES string of the molecule is COC(=O)C[C@H]1[C@]2(C)C3=C(C)[C@H](c4ccoc4)C[C@H]3O[C@@H]2C(OC(C)=O)C2[C@](C)(C(=O)OC)C=CC(=O)[C@@]21C. The Morgan fingerprint density at radius 3 is 2.41 bits per heavy atom. The summed E-state index contributed by atoms with van der Waals surface area (Å²) in [7, 11) is 2.60. The number of carbonyl (C=O) groups excluding carboxylic acids is 4. The fourth-order valence-electron chi connectivity index (χ4n) is 8.57. The van der Waals surface area contributed by atoms with Crippen LogP contribution in [0, 0.1) is 28.1 Å². The zero-order valence-electron chi connectivity index (χ0n) is 23.4. The Morgan fingerprint density at radius 1 is 1.10 bits per heavy atom. The molecular formula is C30H36O9. The first-order chi connectivity index (χ1) is 18.3. The summed E-state index contributed by atoms with van der Waals surface area (Å²) in [5.74, 6) is -3.26. The highest BCUT2D eigenvalue weighted by atomic mass is 16.6. The third-order valence-corrected chi connectivity index (χ3v) is 10.2. The van der Waals surface area contributed by atoms with E-state index in [0.717, 1.165) is 16.7 Å². The zero-order valence-corrected chi connectivity index (χ0v) is 23.4. The first-order valence-electron chi connectivity index (χ1n) is 13.3. The summed E-state index contributed by atoms with van der Waals surface area (Å²) in [5, 5.41) is 0. The van der Waals surface area contributed by atoms with Crippen LogP contribution in [-0.2, 0) is 38.1 Å². The molecule has 1 saturated carbocycles. The van der Waals surface area contributed by atoms with Crippen molar-refractivity contribution in [1.29, 1.82) is 0 Å². The van der Waals surface area contributed by atoms with Gasteiger partial charge < -0.3 is 23.4 Å². The minimum atomic E-state index is -1.32. The number of carbonyl (C=O) groups is 4. The highest BCUT2D eigenvalue weighted by Gasteiger charge is 2.75. The second-order valence-electron chi connectivity index (χ2n) is 11.9. The van der Waals surface area contributed by atoms with Gasteiger partial charge in [-0.3, -0.25) is 19.2 Å². The molecule has 4 aliphatic rings. The number of rotatable bonds is 5. The molecule has 0 bridgehead atoms. The summed E-state index contributed by atoms with van der Waals surface area (Å²) in [5.41, 5.74) is -0.391. The molecule has 210 valence electrons. The van der Waals surface area contributed by atoms with E-state index in [4.69, 9.17) is 23.4 Å². The first kappa shape index (κ1) is 27.4. The van der Waals surface area contributed by atoms with Gasteiger partial charge in [-0.15, -0.1) is 0 Å². The number of hydrogen-bond acceptors (Lipinski definition) is 9.